The van der Waals surface area contributed by atoms with E-state index >= 15 is 0 Å². The van der Waals surface area contributed by atoms with Crippen LogP contribution in [-0.4, -0.2) is 28.9 Å². The molecule has 0 spiro atoms. The summed E-state index contributed by atoms with van der Waals surface area (Å²) in [6.07, 6.45) is 1.32. The molecule has 0 radical (unpaired) electrons. The first kappa shape index (κ1) is 17.4. The molecule has 4 rings (SSSR count). The molecule has 0 saturated carbocycles. The van der Waals surface area contributed by atoms with Gasteiger partial charge in [0.15, 0.2) is 11.3 Å². The number of carbonyl (C=O) groups is 1. The van der Waals surface area contributed by atoms with E-state index in [2.05, 4.69) is 17.0 Å². The van der Waals surface area contributed by atoms with Crippen molar-refractivity contribution in [3.05, 3.63) is 77.3 Å². The molecule has 0 unspecified atom stereocenters. The Morgan fingerprint density at radius 2 is 2.15 bits per heavy atom. The van der Waals surface area contributed by atoms with E-state index in [1.54, 1.807) is 18.2 Å². The molecular weight excluding hydrogens is 360 g/mol. The number of hydrogen-bond donors (Lipinski definition) is 1. The van der Waals surface area contributed by atoms with Gasteiger partial charge in [0.25, 0.3) is 5.91 Å². The van der Waals surface area contributed by atoms with Gasteiger partial charge < -0.3 is 4.74 Å². The fourth-order valence-electron chi connectivity index (χ4n) is 3.05. The minimum absolute atomic E-state index is 0.188. The quantitative estimate of drug-likeness (QED) is 0.824. The normalized spacial score (nSPS) is 17.9. The third-order valence-electron chi connectivity index (χ3n) is 4.25. The molecule has 0 aromatic heterocycles. The lowest BCUT2D eigenvalue weighted by atomic mass is 10.1. The van der Waals surface area contributed by atoms with Crippen LogP contribution in [0.5, 0.6) is 5.75 Å². The van der Waals surface area contributed by atoms with Gasteiger partial charge in [-0.05, 0) is 18.2 Å². The summed E-state index contributed by atoms with van der Waals surface area (Å²) in [4.78, 5) is 17.7. The third kappa shape index (κ3) is 3.21. The van der Waals surface area contributed by atoms with Gasteiger partial charge in [0.05, 0.1) is 12.5 Å². The maximum absolute atomic E-state index is 12.9. The van der Waals surface area contributed by atoms with Crippen LogP contribution in [0.15, 0.2) is 71.3 Å². The fraction of sp³-hybridized carbons (Fsp3) is 0.150. The molecule has 0 fully saturated rings. The lowest BCUT2D eigenvalue weighted by molar-refractivity contribution is -0.116. The lowest BCUT2D eigenvalue weighted by Gasteiger charge is -2.34. The lowest BCUT2D eigenvalue weighted by Crippen LogP contribution is -2.50. The van der Waals surface area contributed by atoms with E-state index in [4.69, 9.17) is 9.73 Å². The van der Waals surface area contributed by atoms with Gasteiger partial charge in [-0.3, -0.25) is 15.1 Å². The van der Waals surface area contributed by atoms with E-state index in [0.29, 0.717) is 16.6 Å². The Hall–Kier alpha value is -3.06. The van der Waals surface area contributed by atoms with Crippen LogP contribution in [-0.2, 0) is 4.79 Å². The van der Waals surface area contributed by atoms with Gasteiger partial charge in [-0.2, -0.15) is 0 Å². The number of amides is 1. The van der Waals surface area contributed by atoms with Gasteiger partial charge in [-0.15, -0.1) is 11.7 Å². The van der Waals surface area contributed by atoms with Gasteiger partial charge in [0.2, 0.25) is 0 Å². The second-order valence-electron chi connectivity index (χ2n) is 5.95. The van der Waals surface area contributed by atoms with E-state index in [0.717, 1.165) is 21.9 Å². The summed E-state index contributed by atoms with van der Waals surface area (Å²) in [6, 6.07) is 15.3. The zero-order valence-corrected chi connectivity index (χ0v) is 15.6. The first-order valence-electron chi connectivity index (χ1n) is 8.45. The van der Waals surface area contributed by atoms with Gasteiger partial charge in [-0.25, -0.2) is 5.01 Å². The molecule has 6 nitrogen and oxygen atoms in total. The molecule has 136 valence electrons. The van der Waals surface area contributed by atoms with Crippen molar-refractivity contribution in [2.75, 3.05) is 12.9 Å². The average molecular weight is 378 g/mol. The highest BCUT2D eigenvalue weighted by Gasteiger charge is 2.34. The topological polar surface area (TPSA) is 66.3 Å². The molecule has 0 bridgehead atoms. The Morgan fingerprint density at radius 3 is 2.96 bits per heavy atom. The first-order valence-corrected chi connectivity index (χ1v) is 9.44. The third-order valence-corrected chi connectivity index (χ3v) is 5.10. The number of ether oxygens (including phenoxy) is 1. The number of hydrazone groups is 1. The number of para-hydroxylation sites is 1. The monoisotopic (exact) mass is 378 g/mol. The van der Waals surface area contributed by atoms with Crippen molar-refractivity contribution in [3.63, 3.8) is 0 Å². The smallest absolute Gasteiger partial charge is 0.276 e. The van der Waals surface area contributed by atoms with Crippen LogP contribution < -0.4 is 20.6 Å². The summed E-state index contributed by atoms with van der Waals surface area (Å²) in [6.45, 7) is 3.72. The molecule has 2 aromatic rings. The largest absolute Gasteiger partial charge is 0.497 e. The molecule has 1 N–H and O–H groups in total. The predicted octanol–water partition coefficient (Wildman–Crippen LogP) is 1.76. The number of rotatable bonds is 4. The van der Waals surface area contributed by atoms with Crippen LogP contribution in [0, 0.1) is 0 Å². The van der Waals surface area contributed by atoms with Gasteiger partial charge in [0.1, 0.15) is 11.4 Å². The predicted molar refractivity (Wildman–Crippen MR) is 106 cm³/mol. The van der Waals surface area contributed by atoms with E-state index in [1.165, 1.54) is 11.8 Å². The Labute approximate surface area is 160 Å². The highest BCUT2D eigenvalue weighted by Crippen LogP contribution is 2.32. The van der Waals surface area contributed by atoms with Gasteiger partial charge in [0, 0.05) is 16.5 Å². The Balaban J connectivity index is 1.90. The SMILES string of the molecule is C=CCSC1=NN2C(=c3ccccc3=N[C@H]2c2cccc(OC)c2)C(=O)N1. The minimum atomic E-state index is -0.449. The highest BCUT2D eigenvalue weighted by atomic mass is 32.2. The van der Waals surface area contributed by atoms with Crippen molar-refractivity contribution in [3.8, 4) is 5.75 Å². The molecule has 2 aliphatic rings. The zero-order valence-electron chi connectivity index (χ0n) is 14.8. The van der Waals surface area contributed by atoms with Crippen molar-refractivity contribution in [2.45, 2.75) is 6.17 Å². The van der Waals surface area contributed by atoms with Gasteiger partial charge >= 0.3 is 0 Å². The van der Waals surface area contributed by atoms with Crippen LogP contribution in [0.25, 0.3) is 5.70 Å². The number of carbonyl (C=O) groups excluding carboxylic acids is 1. The number of amidine groups is 1. The van der Waals surface area contributed by atoms with E-state index in [-0.39, 0.29) is 5.91 Å². The maximum Gasteiger partial charge on any atom is 0.276 e. The van der Waals surface area contributed by atoms with E-state index in [9.17, 15) is 4.79 Å². The highest BCUT2D eigenvalue weighted by molar-refractivity contribution is 8.14. The summed E-state index contributed by atoms with van der Waals surface area (Å²) in [5.41, 5.74) is 1.39. The molecule has 2 heterocycles. The molecule has 2 aliphatic heterocycles. The summed E-state index contributed by atoms with van der Waals surface area (Å²) >= 11 is 1.42. The van der Waals surface area contributed by atoms with Crippen LogP contribution in [0.2, 0.25) is 0 Å². The number of benzene rings is 2. The Bertz CT molecular complexity index is 1060. The number of nitrogens with one attached hydrogen (secondary N) is 1. The van der Waals surface area contributed by atoms with Gasteiger partial charge in [-0.1, -0.05) is 48.2 Å². The van der Waals surface area contributed by atoms with Crippen molar-refractivity contribution in [1.82, 2.24) is 10.3 Å². The zero-order chi connectivity index (χ0) is 18.8. The number of hydrogen-bond acceptors (Lipinski definition) is 6. The van der Waals surface area contributed by atoms with E-state index < -0.39 is 6.17 Å². The fourth-order valence-corrected chi connectivity index (χ4v) is 3.64. The standard InChI is InChI=1S/C20H18N4O2S/c1-3-11-27-20-22-19(25)17-15-9-4-5-10-16(15)21-18(24(17)23-20)13-7-6-8-14(12-13)26-2/h3-10,12,18H,1,11H2,2H3,(H,22,23,25)/t18-/m1/s1. The van der Waals surface area contributed by atoms with Crippen LogP contribution in [0.1, 0.15) is 11.7 Å². The van der Waals surface area contributed by atoms with Crippen molar-refractivity contribution < 1.29 is 9.53 Å². The summed E-state index contributed by atoms with van der Waals surface area (Å²) in [5.74, 6) is 1.20. The molecule has 2 aromatic carbocycles. The van der Waals surface area contributed by atoms with Crippen molar-refractivity contribution >= 4 is 28.5 Å². The molecule has 1 atom stereocenters. The summed E-state index contributed by atoms with van der Waals surface area (Å²) < 4.78 is 5.35. The first-order chi connectivity index (χ1) is 13.2. The molecular formula is C20H18N4O2S. The number of fused-ring (bicyclic) bond motifs is 2. The Morgan fingerprint density at radius 1 is 1.30 bits per heavy atom. The molecule has 0 saturated heterocycles. The second-order valence-corrected chi connectivity index (χ2v) is 6.96. The summed E-state index contributed by atoms with van der Waals surface area (Å²) in [7, 11) is 1.63. The summed E-state index contributed by atoms with van der Waals surface area (Å²) in [5, 5.41) is 11.3. The number of nitrogens with zero attached hydrogens (tertiary/aromatic N) is 3. The van der Waals surface area contributed by atoms with Crippen LogP contribution in [0.3, 0.4) is 0 Å². The van der Waals surface area contributed by atoms with Crippen molar-refractivity contribution in [1.29, 1.82) is 0 Å². The second kappa shape index (κ2) is 7.28. The maximum atomic E-state index is 12.9. The molecule has 7 heteroatoms. The van der Waals surface area contributed by atoms with E-state index in [1.807, 2.05) is 48.5 Å². The number of methoxy groups -OCH3 is 1. The minimum Gasteiger partial charge on any atom is -0.497 e. The number of thioether (sulfide) groups is 1. The Kier molecular flexibility index (Phi) is 4.68. The average Bonchev–Trinajstić information content (AvgIpc) is 2.71. The van der Waals surface area contributed by atoms with Crippen molar-refractivity contribution in [2.24, 2.45) is 10.1 Å². The van der Waals surface area contributed by atoms with Crippen LogP contribution in [0.4, 0.5) is 0 Å². The molecule has 1 amide bonds. The van der Waals surface area contributed by atoms with Crippen LogP contribution >= 0.6 is 11.8 Å². The molecule has 0 aliphatic carbocycles. The molecule has 27 heavy (non-hydrogen) atoms.